The average molecular weight is 349 g/mol. The monoisotopic (exact) mass is 349 g/mol. The van der Waals surface area contributed by atoms with Crippen LogP contribution in [0.2, 0.25) is 0 Å². The number of ether oxygens (including phenoxy) is 1. The van der Waals surface area contributed by atoms with Crippen molar-refractivity contribution >= 4 is 11.6 Å². The number of nitrogens with one attached hydrogen (secondary N) is 2. The largest absolute Gasteiger partial charge is 0.379 e. The van der Waals surface area contributed by atoms with Gasteiger partial charge in [0.25, 0.3) is 5.69 Å². The molecule has 0 atom stereocenters. The zero-order valence-electron chi connectivity index (χ0n) is 14.9. The molecule has 0 radical (unpaired) electrons. The van der Waals surface area contributed by atoms with E-state index in [2.05, 4.69) is 34.4 Å². The Kier molecular flexibility index (Phi) is 7.62. The molecule has 2 rings (SSSR count). The van der Waals surface area contributed by atoms with Crippen molar-refractivity contribution in [1.29, 1.82) is 0 Å². The molecule has 0 amide bonds. The highest BCUT2D eigenvalue weighted by molar-refractivity contribution is 5.80. The second-order valence-electron chi connectivity index (χ2n) is 6.27. The first-order valence-corrected chi connectivity index (χ1v) is 8.63. The van der Waals surface area contributed by atoms with Crippen LogP contribution in [-0.4, -0.2) is 61.2 Å². The third-order valence-corrected chi connectivity index (χ3v) is 3.82. The third-order valence-electron chi connectivity index (χ3n) is 3.82. The van der Waals surface area contributed by atoms with Crippen molar-refractivity contribution < 1.29 is 9.66 Å². The minimum atomic E-state index is -0.397. The Balaban J connectivity index is 1.86. The van der Waals surface area contributed by atoms with E-state index in [0.717, 1.165) is 50.9 Å². The van der Waals surface area contributed by atoms with Crippen molar-refractivity contribution in [2.24, 2.45) is 4.99 Å². The molecule has 25 heavy (non-hydrogen) atoms. The van der Waals surface area contributed by atoms with Crippen molar-refractivity contribution in [2.75, 3.05) is 39.4 Å². The van der Waals surface area contributed by atoms with Gasteiger partial charge in [-0.05, 0) is 19.4 Å². The van der Waals surface area contributed by atoms with Gasteiger partial charge in [-0.1, -0.05) is 12.1 Å². The molecule has 1 aromatic carbocycles. The van der Waals surface area contributed by atoms with E-state index in [1.54, 1.807) is 12.1 Å². The minimum Gasteiger partial charge on any atom is -0.379 e. The zero-order valence-corrected chi connectivity index (χ0v) is 14.9. The molecule has 8 nitrogen and oxygen atoms in total. The van der Waals surface area contributed by atoms with Gasteiger partial charge in [-0.2, -0.15) is 0 Å². The predicted octanol–water partition coefficient (Wildman–Crippen LogP) is 1.37. The standard InChI is InChI=1S/C17H27N5O3/c1-14(2)20-17(18-7-8-21-9-11-25-12-10-21)19-13-15-3-5-16(6-4-15)22(23)24/h3-6,14H,7-13H2,1-2H3,(H2,18,19,20). The summed E-state index contributed by atoms with van der Waals surface area (Å²) >= 11 is 0. The summed E-state index contributed by atoms with van der Waals surface area (Å²) in [5, 5.41) is 17.3. The van der Waals surface area contributed by atoms with Crippen LogP contribution in [0.5, 0.6) is 0 Å². The van der Waals surface area contributed by atoms with Gasteiger partial charge in [-0.15, -0.1) is 0 Å². The summed E-state index contributed by atoms with van der Waals surface area (Å²) < 4.78 is 5.35. The van der Waals surface area contributed by atoms with E-state index in [-0.39, 0.29) is 11.7 Å². The number of hydrogen-bond donors (Lipinski definition) is 2. The van der Waals surface area contributed by atoms with E-state index in [0.29, 0.717) is 6.54 Å². The lowest BCUT2D eigenvalue weighted by atomic mass is 10.2. The van der Waals surface area contributed by atoms with Crippen LogP contribution >= 0.6 is 0 Å². The fourth-order valence-electron chi connectivity index (χ4n) is 2.48. The Hall–Kier alpha value is -2.19. The summed E-state index contributed by atoms with van der Waals surface area (Å²) in [7, 11) is 0. The third kappa shape index (κ3) is 7.06. The van der Waals surface area contributed by atoms with Crippen LogP contribution in [0.4, 0.5) is 5.69 Å². The smallest absolute Gasteiger partial charge is 0.269 e. The first-order chi connectivity index (χ1) is 12.0. The molecule has 1 heterocycles. The molecule has 1 fully saturated rings. The molecule has 138 valence electrons. The fraction of sp³-hybridized carbons (Fsp3) is 0.588. The summed E-state index contributed by atoms with van der Waals surface area (Å²) in [6.07, 6.45) is 0. The normalized spacial score (nSPS) is 16.0. The van der Waals surface area contributed by atoms with E-state index >= 15 is 0 Å². The van der Waals surface area contributed by atoms with Gasteiger partial charge in [0.2, 0.25) is 0 Å². The lowest BCUT2D eigenvalue weighted by Gasteiger charge is -2.27. The fourth-order valence-corrected chi connectivity index (χ4v) is 2.48. The summed E-state index contributed by atoms with van der Waals surface area (Å²) in [6.45, 7) is 9.87. The molecule has 1 aliphatic rings. The van der Waals surface area contributed by atoms with Gasteiger partial charge in [0.15, 0.2) is 5.96 Å². The zero-order chi connectivity index (χ0) is 18.1. The number of non-ortho nitro benzene ring substituents is 1. The number of rotatable bonds is 7. The highest BCUT2D eigenvalue weighted by Gasteiger charge is 2.10. The maximum atomic E-state index is 10.7. The number of nitro groups is 1. The Morgan fingerprint density at radius 1 is 1.32 bits per heavy atom. The molecule has 0 unspecified atom stereocenters. The number of guanidine groups is 1. The van der Waals surface area contributed by atoms with E-state index in [1.807, 2.05) is 0 Å². The molecule has 0 aromatic heterocycles. The molecule has 0 aliphatic carbocycles. The SMILES string of the molecule is CC(C)NC(=NCc1ccc([N+](=O)[O-])cc1)NCCN1CCOCC1. The number of aliphatic imine (C=N–C) groups is 1. The Morgan fingerprint density at radius 2 is 2.00 bits per heavy atom. The predicted molar refractivity (Wildman–Crippen MR) is 97.8 cm³/mol. The van der Waals surface area contributed by atoms with Gasteiger partial charge < -0.3 is 15.4 Å². The molecule has 0 spiro atoms. The average Bonchev–Trinajstić information content (AvgIpc) is 2.60. The van der Waals surface area contributed by atoms with E-state index in [4.69, 9.17) is 4.74 Å². The van der Waals surface area contributed by atoms with Gasteiger partial charge in [-0.3, -0.25) is 15.0 Å². The highest BCUT2D eigenvalue weighted by Crippen LogP contribution is 2.12. The second-order valence-corrected chi connectivity index (χ2v) is 6.27. The van der Waals surface area contributed by atoms with Crippen molar-refractivity contribution in [1.82, 2.24) is 15.5 Å². The van der Waals surface area contributed by atoms with Gasteiger partial charge in [0, 0.05) is 44.4 Å². The molecule has 0 bridgehead atoms. The number of morpholine rings is 1. The molecule has 8 heteroatoms. The number of nitro benzene ring substituents is 1. The van der Waals surface area contributed by atoms with Crippen LogP contribution in [0, 0.1) is 10.1 Å². The molecule has 1 aliphatic heterocycles. The van der Waals surface area contributed by atoms with Crippen molar-refractivity contribution in [3.63, 3.8) is 0 Å². The lowest BCUT2D eigenvalue weighted by Crippen LogP contribution is -2.46. The number of nitrogens with zero attached hydrogens (tertiary/aromatic N) is 3. The minimum absolute atomic E-state index is 0.0943. The highest BCUT2D eigenvalue weighted by atomic mass is 16.6. The molecule has 1 saturated heterocycles. The van der Waals surface area contributed by atoms with Crippen LogP contribution in [0.3, 0.4) is 0 Å². The topological polar surface area (TPSA) is 92.0 Å². The molecular weight excluding hydrogens is 322 g/mol. The molecule has 2 N–H and O–H groups in total. The Labute approximate surface area is 148 Å². The first-order valence-electron chi connectivity index (χ1n) is 8.63. The van der Waals surface area contributed by atoms with Gasteiger partial charge >= 0.3 is 0 Å². The van der Waals surface area contributed by atoms with Gasteiger partial charge in [0.1, 0.15) is 0 Å². The summed E-state index contributed by atoms with van der Waals surface area (Å²) in [4.78, 5) is 17.2. The molecule has 0 saturated carbocycles. The molecular formula is C17H27N5O3. The Morgan fingerprint density at radius 3 is 2.60 bits per heavy atom. The summed E-state index contributed by atoms with van der Waals surface area (Å²) in [6, 6.07) is 6.76. The number of hydrogen-bond acceptors (Lipinski definition) is 5. The van der Waals surface area contributed by atoms with Crippen LogP contribution in [0.15, 0.2) is 29.3 Å². The van der Waals surface area contributed by atoms with Gasteiger partial charge in [-0.25, -0.2) is 4.99 Å². The van der Waals surface area contributed by atoms with Crippen molar-refractivity contribution in [2.45, 2.75) is 26.4 Å². The van der Waals surface area contributed by atoms with Crippen molar-refractivity contribution in [3.05, 3.63) is 39.9 Å². The summed E-state index contributed by atoms with van der Waals surface area (Å²) in [5.74, 6) is 0.751. The Bertz CT molecular complexity index is 568. The number of benzene rings is 1. The van der Waals surface area contributed by atoms with E-state index in [1.165, 1.54) is 12.1 Å². The van der Waals surface area contributed by atoms with Crippen LogP contribution < -0.4 is 10.6 Å². The van der Waals surface area contributed by atoms with Crippen LogP contribution in [0.25, 0.3) is 0 Å². The maximum Gasteiger partial charge on any atom is 0.269 e. The first kappa shape index (κ1) is 19.1. The van der Waals surface area contributed by atoms with E-state index in [9.17, 15) is 10.1 Å². The lowest BCUT2D eigenvalue weighted by molar-refractivity contribution is -0.384. The van der Waals surface area contributed by atoms with Crippen LogP contribution in [-0.2, 0) is 11.3 Å². The molecule has 1 aromatic rings. The van der Waals surface area contributed by atoms with Crippen molar-refractivity contribution in [3.8, 4) is 0 Å². The van der Waals surface area contributed by atoms with Crippen LogP contribution in [0.1, 0.15) is 19.4 Å². The van der Waals surface area contributed by atoms with Gasteiger partial charge in [0.05, 0.1) is 24.7 Å². The van der Waals surface area contributed by atoms with E-state index < -0.39 is 4.92 Å². The summed E-state index contributed by atoms with van der Waals surface area (Å²) in [5.41, 5.74) is 1.03. The maximum absolute atomic E-state index is 10.7. The second kappa shape index (κ2) is 9.95. The quantitative estimate of drug-likeness (QED) is 0.334.